The van der Waals surface area contributed by atoms with Crippen LogP contribution in [0.5, 0.6) is 5.75 Å². The van der Waals surface area contributed by atoms with Crippen LogP contribution in [-0.2, 0) is 0 Å². The van der Waals surface area contributed by atoms with E-state index >= 15 is 0 Å². The van der Waals surface area contributed by atoms with Gasteiger partial charge in [-0.15, -0.1) is 0 Å². The third-order valence-corrected chi connectivity index (χ3v) is 3.39. The minimum absolute atomic E-state index is 0.00412. The lowest BCUT2D eigenvalue weighted by molar-refractivity contribution is 0.252. The molecule has 0 fully saturated rings. The summed E-state index contributed by atoms with van der Waals surface area (Å²) >= 11 is 0. The molecule has 5 heteroatoms. The number of hydrogen-bond acceptors (Lipinski definition) is 4. The molecule has 3 atom stereocenters. The third-order valence-electron chi connectivity index (χ3n) is 3.39. The van der Waals surface area contributed by atoms with Crippen LogP contribution in [0.2, 0.25) is 0 Å². The molecule has 2 aliphatic heterocycles. The molecular formula is C12H16FN3O. The van der Waals surface area contributed by atoms with Gasteiger partial charge in [0.05, 0.1) is 11.7 Å². The predicted molar refractivity (Wildman–Crippen MR) is 64.9 cm³/mol. The van der Waals surface area contributed by atoms with Gasteiger partial charge >= 0.3 is 0 Å². The van der Waals surface area contributed by atoms with Crippen molar-refractivity contribution >= 4 is 11.4 Å². The zero-order valence-corrected chi connectivity index (χ0v) is 9.90. The summed E-state index contributed by atoms with van der Waals surface area (Å²) in [5, 5.41) is 3.33. The number of anilines is 2. The standard InChI is InChI=1S/C12H16FN3O/c1-6-5-17-11-8(13)3-4-9-10(11)16(6)12(15-9)7(2)14/h3-4,6-7,12,15H,5,14H2,1-2H3/t6?,7-,12+/m0/s1. The number of hydrogen-bond donors (Lipinski definition) is 2. The predicted octanol–water partition coefficient (Wildman–Crippen LogP) is 1.51. The molecule has 1 unspecified atom stereocenters. The van der Waals surface area contributed by atoms with Gasteiger partial charge in [0, 0.05) is 6.04 Å². The monoisotopic (exact) mass is 237 g/mol. The molecular weight excluding hydrogens is 221 g/mol. The summed E-state index contributed by atoms with van der Waals surface area (Å²) < 4.78 is 19.2. The van der Waals surface area contributed by atoms with Crippen molar-refractivity contribution in [3.63, 3.8) is 0 Å². The molecule has 0 saturated carbocycles. The SMILES string of the molecule is CC1COc2c(F)ccc3c2N1[C@H]([C@H](C)N)N3. The van der Waals surface area contributed by atoms with Crippen LogP contribution in [0.1, 0.15) is 13.8 Å². The summed E-state index contributed by atoms with van der Waals surface area (Å²) in [6.07, 6.45) is 0.00412. The fourth-order valence-corrected chi connectivity index (χ4v) is 2.59. The Balaban J connectivity index is 2.15. The van der Waals surface area contributed by atoms with Crippen molar-refractivity contribution in [1.29, 1.82) is 0 Å². The van der Waals surface area contributed by atoms with Gasteiger partial charge in [0.25, 0.3) is 0 Å². The van der Waals surface area contributed by atoms with E-state index in [1.54, 1.807) is 6.07 Å². The smallest absolute Gasteiger partial charge is 0.180 e. The van der Waals surface area contributed by atoms with Gasteiger partial charge in [-0.3, -0.25) is 0 Å². The van der Waals surface area contributed by atoms with E-state index in [0.29, 0.717) is 12.4 Å². The number of nitrogens with one attached hydrogen (secondary N) is 1. The molecule has 1 aromatic carbocycles. The van der Waals surface area contributed by atoms with E-state index < -0.39 is 0 Å². The molecule has 92 valence electrons. The second-order valence-corrected chi connectivity index (χ2v) is 4.79. The molecule has 2 aliphatic rings. The first-order chi connectivity index (χ1) is 8.09. The molecule has 0 aromatic heterocycles. The largest absolute Gasteiger partial charge is 0.486 e. The van der Waals surface area contributed by atoms with E-state index in [0.717, 1.165) is 11.4 Å². The summed E-state index contributed by atoms with van der Waals surface area (Å²) in [6, 6.07) is 3.32. The van der Waals surface area contributed by atoms with Crippen molar-refractivity contribution in [2.24, 2.45) is 5.73 Å². The lowest BCUT2D eigenvalue weighted by atomic mass is 10.1. The van der Waals surface area contributed by atoms with E-state index in [4.69, 9.17) is 10.5 Å². The topological polar surface area (TPSA) is 50.5 Å². The quantitative estimate of drug-likeness (QED) is 0.777. The molecule has 0 bridgehead atoms. The van der Waals surface area contributed by atoms with Crippen molar-refractivity contribution in [3.8, 4) is 5.75 Å². The van der Waals surface area contributed by atoms with Gasteiger partial charge in [-0.05, 0) is 26.0 Å². The summed E-state index contributed by atoms with van der Waals surface area (Å²) in [5.41, 5.74) is 7.69. The highest BCUT2D eigenvalue weighted by Gasteiger charge is 2.40. The molecule has 0 amide bonds. The number of benzene rings is 1. The van der Waals surface area contributed by atoms with Crippen LogP contribution >= 0.6 is 0 Å². The zero-order chi connectivity index (χ0) is 12.2. The maximum Gasteiger partial charge on any atom is 0.180 e. The van der Waals surface area contributed by atoms with E-state index in [1.807, 2.05) is 6.92 Å². The average Bonchev–Trinajstić information content (AvgIpc) is 2.67. The maximum atomic E-state index is 13.7. The van der Waals surface area contributed by atoms with Crippen molar-refractivity contribution in [1.82, 2.24) is 0 Å². The number of halogens is 1. The first-order valence-electron chi connectivity index (χ1n) is 5.85. The Bertz CT molecular complexity index is 463. The van der Waals surface area contributed by atoms with Crippen LogP contribution in [0.25, 0.3) is 0 Å². The first kappa shape index (κ1) is 10.7. The highest BCUT2D eigenvalue weighted by atomic mass is 19.1. The van der Waals surface area contributed by atoms with Gasteiger partial charge in [-0.1, -0.05) is 0 Å². The maximum absolute atomic E-state index is 13.7. The molecule has 3 rings (SSSR count). The lowest BCUT2D eigenvalue weighted by Crippen LogP contribution is -2.54. The Kier molecular flexibility index (Phi) is 2.19. The Morgan fingerprint density at radius 2 is 2.35 bits per heavy atom. The molecule has 0 aliphatic carbocycles. The van der Waals surface area contributed by atoms with E-state index in [9.17, 15) is 4.39 Å². The normalized spacial score (nSPS) is 27.2. The summed E-state index contributed by atoms with van der Waals surface area (Å²) in [6.45, 7) is 4.49. The van der Waals surface area contributed by atoms with Crippen molar-refractivity contribution in [3.05, 3.63) is 17.9 Å². The van der Waals surface area contributed by atoms with Gasteiger partial charge in [0.15, 0.2) is 11.6 Å². The lowest BCUT2D eigenvalue weighted by Gasteiger charge is -2.38. The Morgan fingerprint density at radius 1 is 1.59 bits per heavy atom. The summed E-state index contributed by atoms with van der Waals surface area (Å²) in [5.74, 6) is 0.0315. The number of nitrogens with two attached hydrogens (primary N) is 1. The molecule has 0 radical (unpaired) electrons. The summed E-state index contributed by atoms with van der Waals surface area (Å²) in [7, 11) is 0. The number of ether oxygens (including phenoxy) is 1. The fraction of sp³-hybridized carbons (Fsp3) is 0.500. The van der Waals surface area contributed by atoms with Crippen LogP contribution in [0.4, 0.5) is 15.8 Å². The van der Waals surface area contributed by atoms with Crippen LogP contribution in [0.3, 0.4) is 0 Å². The van der Waals surface area contributed by atoms with Gasteiger partial charge in [-0.2, -0.15) is 0 Å². The zero-order valence-electron chi connectivity index (χ0n) is 9.90. The number of nitrogens with zero attached hydrogens (tertiary/aromatic N) is 1. The molecule has 4 nitrogen and oxygen atoms in total. The van der Waals surface area contributed by atoms with Gasteiger partial charge in [0.2, 0.25) is 0 Å². The molecule has 1 aromatic rings. The van der Waals surface area contributed by atoms with Crippen molar-refractivity contribution in [2.75, 3.05) is 16.8 Å². The molecule has 17 heavy (non-hydrogen) atoms. The highest BCUT2D eigenvalue weighted by Crippen LogP contribution is 2.47. The Labute approximate surface area is 99.5 Å². The van der Waals surface area contributed by atoms with Crippen LogP contribution in [0.15, 0.2) is 12.1 Å². The fourth-order valence-electron chi connectivity index (χ4n) is 2.59. The van der Waals surface area contributed by atoms with Crippen LogP contribution in [-0.4, -0.2) is 24.9 Å². The van der Waals surface area contributed by atoms with E-state index in [1.165, 1.54) is 6.07 Å². The highest BCUT2D eigenvalue weighted by molar-refractivity contribution is 5.83. The van der Waals surface area contributed by atoms with Gasteiger partial charge in [-0.25, -0.2) is 4.39 Å². The van der Waals surface area contributed by atoms with Crippen molar-refractivity contribution < 1.29 is 9.13 Å². The third kappa shape index (κ3) is 1.38. The Morgan fingerprint density at radius 3 is 3.06 bits per heavy atom. The van der Waals surface area contributed by atoms with E-state index in [-0.39, 0.29) is 24.1 Å². The summed E-state index contributed by atoms with van der Waals surface area (Å²) in [4.78, 5) is 2.13. The van der Waals surface area contributed by atoms with Crippen molar-refractivity contribution in [2.45, 2.75) is 32.1 Å². The Hall–Kier alpha value is -1.49. The van der Waals surface area contributed by atoms with E-state index in [2.05, 4.69) is 17.1 Å². The first-order valence-corrected chi connectivity index (χ1v) is 5.85. The minimum atomic E-state index is -0.312. The molecule has 2 heterocycles. The number of rotatable bonds is 1. The molecule has 3 N–H and O–H groups in total. The van der Waals surface area contributed by atoms with Gasteiger partial charge < -0.3 is 20.7 Å². The minimum Gasteiger partial charge on any atom is -0.486 e. The van der Waals surface area contributed by atoms with Gasteiger partial charge in [0.1, 0.15) is 18.5 Å². The second kappa shape index (κ2) is 3.50. The van der Waals surface area contributed by atoms with Crippen LogP contribution in [0, 0.1) is 5.82 Å². The molecule has 0 spiro atoms. The average molecular weight is 237 g/mol. The second-order valence-electron chi connectivity index (χ2n) is 4.79. The molecule has 0 saturated heterocycles. The van der Waals surface area contributed by atoms with Crippen LogP contribution < -0.4 is 20.7 Å².